The highest BCUT2D eigenvalue weighted by Gasteiger charge is 1.95. The van der Waals surface area contributed by atoms with E-state index in [1.54, 1.807) is 0 Å². The summed E-state index contributed by atoms with van der Waals surface area (Å²) in [7, 11) is 0. The first kappa shape index (κ1) is 29.7. The molecule has 0 rings (SSSR count). The largest absolute Gasteiger partial charge is 0.0885 e. The second-order valence-electron chi connectivity index (χ2n) is 9.53. The molecule has 0 aliphatic heterocycles. The molecule has 0 saturated heterocycles. The summed E-state index contributed by atoms with van der Waals surface area (Å²) in [6, 6.07) is 0. The molecule has 178 valence electrons. The minimum Gasteiger partial charge on any atom is -0.0885 e. The fourth-order valence-electron chi connectivity index (χ4n) is 4.30. The molecular weight excluding hydrogens is 360 g/mol. The lowest BCUT2D eigenvalue weighted by Crippen LogP contribution is -1.84. The van der Waals surface area contributed by atoms with Crippen LogP contribution in [-0.2, 0) is 0 Å². The molecular formula is C30H58. The maximum Gasteiger partial charge on any atom is -0.0351 e. The molecule has 0 aromatic heterocycles. The van der Waals surface area contributed by atoms with Gasteiger partial charge in [-0.3, -0.25) is 0 Å². The van der Waals surface area contributed by atoms with E-state index >= 15 is 0 Å². The van der Waals surface area contributed by atoms with Gasteiger partial charge in [0, 0.05) is 0 Å². The van der Waals surface area contributed by atoms with E-state index < -0.39 is 0 Å². The van der Waals surface area contributed by atoms with Gasteiger partial charge in [0.2, 0.25) is 0 Å². The van der Waals surface area contributed by atoms with E-state index in [2.05, 4.69) is 26.0 Å². The zero-order valence-electron chi connectivity index (χ0n) is 21.0. The van der Waals surface area contributed by atoms with Crippen molar-refractivity contribution in [3.05, 3.63) is 26.0 Å². The Morgan fingerprint density at radius 3 is 0.767 bits per heavy atom. The van der Waals surface area contributed by atoms with Gasteiger partial charge >= 0.3 is 0 Å². The lowest BCUT2D eigenvalue weighted by Gasteiger charge is -2.04. The van der Waals surface area contributed by atoms with Gasteiger partial charge in [0.1, 0.15) is 0 Å². The predicted molar refractivity (Wildman–Crippen MR) is 140 cm³/mol. The van der Waals surface area contributed by atoms with Crippen LogP contribution in [0.4, 0.5) is 0 Å². The van der Waals surface area contributed by atoms with E-state index in [9.17, 15) is 0 Å². The van der Waals surface area contributed by atoms with Crippen molar-refractivity contribution in [2.24, 2.45) is 0 Å². The minimum atomic E-state index is 1.09. The van der Waals surface area contributed by atoms with Crippen molar-refractivity contribution in [2.75, 3.05) is 0 Å². The van der Waals surface area contributed by atoms with E-state index in [0.29, 0.717) is 0 Å². The smallest absolute Gasteiger partial charge is 0.0351 e. The van der Waals surface area contributed by atoms with Crippen LogP contribution in [0.1, 0.15) is 167 Å². The third-order valence-corrected chi connectivity index (χ3v) is 6.41. The highest BCUT2D eigenvalue weighted by atomic mass is 14.0. The van der Waals surface area contributed by atoms with Crippen LogP contribution < -0.4 is 0 Å². The number of unbranched alkanes of at least 4 members (excludes halogenated alkanes) is 24. The number of allylic oxidation sites excluding steroid dienone is 2. The molecule has 2 radical (unpaired) electrons. The second-order valence-corrected chi connectivity index (χ2v) is 9.53. The Hall–Kier alpha value is -0.260. The average Bonchev–Trinajstić information content (AvgIpc) is 2.76. The Morgan fingerprint density at radius 2 is 0.467 bits per heavy atom. The molecule has 0 saturated carbocycles. The summed E-state index contributed by atoms with van der Waals surface area (Å²) in [5, 5.41) is 0. The number of hydrogen-bond donors (Lipinski definition) is 0. The molecule has 0 bridgehead atoms. The maximum atomic E-state index is 3.91. The summed E-state index contributed by atoms with van der Waals surface area (Å²) in [6.07, 6.45) is 41.2. The Labute approximate surface area is 193 Å². The first-order valence-electron chi connectivity index (χ1n) is 14.1. The second kappa shape index (κ2) is 28.7. The summed E-state index contributed by atoms with van der Waals surface area (Å²) in [5.41, 5.74) is 0. The zero-order valence-corrected chi connectivity index (χ0v) is 21.0. The zero-order chi connectivity index (χ0) is 21.8. The van der Waals surface area contributed by atoms with Crippen LogP contribution in [0.15, 0.2) is 12.2 Å². The van der Waals surface area contributed by atoms with Crippen LogP contribution >= 0.6 is 0 Å². The Balaban J connectivity index is 3.02. The Morgan fingerprint density at radius 1 is 0.267 bits per heavy atom. The fourth-order valence-corrected chi connectivity index (χ4v) is 4.30. The van der Waals surface area contributed by atoms with E-state index in [1.165, 1.54) is 154 Å². The maximum absolute atomic E-state index is 3.91. The fraction of sp³-hybridized carbons (Fsp3) is 0.867. The number of hydrogen-bond acceptors (Lipinski definition) is 0. The first-order valence-corrected chi connectivity index (χ1v) is 14.1. The molecule has 0 heterocycles. The molecule has 0 aromatic rings. The van der Waals surface area contributed by atoms with Crippen LogP contribution in [0, 0.1) is 13.8 Å². The highest BCUT2D eigenvalue weighted by Crippen LogP contribution is 2.15. The van der Waals surface area contributed by atoms with Gasteiger partial charge in [0.05, 0.1) is 0 Å². The van der Waals surface area contributed by atoms with Gasteiger partial charge in [-0.05, 0) is 25.7 Å². The monoisotopic (exact) mass is 418 g/mol. The van der Waals surface area contributed by atoms with Crippen molar-refractivity contribution >= 4 is 0 Å². The van der Waals surface area contributed by atoms with Crippen molar-refractivity contribution in [3.8, 4) is 0 Å². The van der Waals surface area contributed by atoms with E-state index in [4.69, 9.17) is 0 Å². The van der Waals surface area contributed by atoms with E-state index in [-0.39, 0.29) is 0 Å². The molecule has 0 nitrogen and oxygen atoms in total. The van der Waals surface area contributed by atoms with Gasteiger partial charge in [0.15, 0.2) is 0 Å². The first-order chi connectivity index (χ1) is 14.9. The molecule has 0 aliphatic rings. The van der Waals surface area contributed by atoms with Crippen molar-refractivity contribution in [2.45, 2.75) is 167 Å². The van der Waals surface area contributed by atoms with E-state index in [0.717, 1.165) is 12.8 Å². The molecule has 0 unspecified atom stereocenters. The van der Waals surface area contributed by atoms with Crippen LogP contribution in [0.3, 0.4) is 0 Å². The van der Waals surface area contributed by atoms with Crippen molar-refractivity contribution < 1.29 is 0 Å². The Bertz CT molecular complexity index is 303. The van der Waals surface area contributed by atoms with Gasteiger partial charge in [-0.2, -0.15) is 0 Å². The molecule has 0 fully saturated rings. The molecule has 0 N–H and O–H groups in total. The summed E-state index contributed by atoms with van der Waals surface area (Å²) in [6.45, 7) is 7.81. The summed E-state index contributed by atoms with van der Waals surface area (Å²) in [5.74, 6) is 0. The summed E-state index contributed by atoms with van der Waals surface area (Å²) < 4.78 is 0. The minimum absolute atomic E-state index is 1.09. The summed E-state index contributed by atoms with van der Waals surface area (Å²) >= 11 is 0. The lowest BCUT2D eigenvalue weighted by molar-refractivity contribution is 0.521. The van der Waals surface area contributed by atoms with Crippen LogP contribution in [-0.4, -0.2) is 0 Å². The quantitative estimate of drug-likeness (QED) is 0.0967. The van der Waals surface area contributed by atoms with Gasteiger partial charge in [0.25, 0.3) is 0 Å². The van der Waals surface area contributed by atoms with Crippen molar-refractivity contribution in [3.63, 3.8) is 0 Å². The molecule has 30 heavy (non-hydrogen) atoms. The van der Waals surface area contributed by atoms with Crippen LogP contribution in [0.5, 0.6) is 0 Å². The van der Waals surface area contributed by atoms with Gasteiger partial charge < -0.3 is 0 Å². The molecule has 0 atom stereocenters. The number of rotatable bonds is 26. The molecule has 0 amide bonds. The SMILES string of the molecule is [CH2]CCCC/C=C/CCCCCCCCCCCCCCCCCCCCCC[CH2]. The van der Waals surface area contributed by atoms with Crippen molar-refractivity contribution in [1.29, 1.82) is 0 Å². The van der Waals surface area contributed by atoms with Crippen molar-refractivity contribution in [1.82, 2.24) is 0 Å². The van der Waals surface area contributed by atoms with Crippen LogP contribution in [0.2, 0.25) is 0 Å². The normalized spacial score (nSPS) is 11.7. The van der Waals surface area contributed by atoms with Crippen LogP contribution in [0.25, 0.3) is 0 Å². The third-order valence-electron chi connectivity index (χ3n) is 6.41. The predicted octanol–water partition coefficient (Wildman–Crippen LogP) is 11.4. The average molecular weight is 419 g/mol. The third kappa shape index (κ3) is 27.7. The molecule has 0 heteroatoms. The lowest BCUT2D eigenvalue weighted by atomic mass is 10.0. The highest BCUT2D eigenvalue weighted by molar-refractivity contribution is 4.81. The van der Waals surface area contributed by atoms with Gasteiger partial charge in [-0.15, -0.1) is 0 Å². The van der Waals surface area contributed by atoms with Gasteiger partial charge in [-0.25, -0.2) is 0 Å². The van der Waals surface area contributed by atoms with Gasteiger partial charge in [-0.1, -0.05) is 167 Å². The van der Waals surface area contributed by atoms with E-state index in [1.807, 2.05) is 0 Å². The molecule has 0 spiro atoms. The molecule has 0 aliphatic carbocycles. The topological polar surface area (TPSA) is 0 Å². The standard InChI is InChI=1S/C30H58/c1-3-5-7-9-11-13-15-17-19-21-23-25-27-29-30-28-26-24-22-20-18-16-14-12-10-8-6-4-2/h11,13H,1-10,12,14-30H2/b13-11+. The molecule has 0 aromatic carbocycles. The summed E-state index contributed by atoms with van der Waals surface area (Å²) in [4.78, 5) is 0. The Kier molecular flexibility index (Phi) is 28.5.